The van der Waals surface area contributed by atoms with Gasteiger partial charge in [-0.2, -0.15) is 0 Å². The number of carbonyl (C=O) groups excluding carboxylic acids is 1. The van der Waals surface area contributed by atoms with Gasteiger partial charge in [-0.25, -0.2) is 17.8 Å². The molecule has 2 aromatic rings. The number of benzene rings is 1. The molecule has 0 radical (unpaired) electrons. The van der Waals surface area contributed by atoms with Gasteiger partial charge in [0.15, 0.2) is 15.6 Å². The zero-order valence-electron chi connectivity index (χ0n) is 16.8. The number of pyridine rings is 1. The number of Topliss-reactive ketones (excluding diaryl/α,β-unsaturated/α-hetero) is 1. The van der Waals surface area contributed by atoms with Gasteiger partial charge < -0.3 is 5.32 Å². The molecule has 1 atom stereocenters. The summed E-state index contributed by atoms with van der Waals surface area (Å²) in [7, 11) is -3.44. The molecule has 0 fully saturated rings. The van der Waals surface area contributed by atoms with E-state index >= 15 is 0 Å². The van der Waals surface area contributed by atoms with E-state index in [2.05, 4.69) is 10.3 Å². The summed E-state index contributed by atoms with van der Waals surface area (Å²) in [5, 5.41) is 3.24. The molecule has 0 amide bonds. The smallest absolute Gasteiger partial charge is 0.175 e. The quantitative estimate of drug-likeness (QED) is 0.804. The van der Waals surface area contributed by atoms with Crippen LogP contribution in [-0.4, -0.2) is 25.4 Å². The number of allylic oxidation sites excluding steroid dienone is 2. The summed E-state index contributed by atoms with van der Waals surface area (Å²) < 4.78 is 38.5. The molecule has 2 aliphatic rings. The van der Waals surface area contributed by atoms with Gasteiger partial charge in [-0.1, -0.05) is 26.0 Å². The van der Waals surface area contributed by atoms with Crippen LogP contribution in [0, 0.1) is 11.2 Å². The first-order valence-corrected chi connectivity index (χ1v) is 11.3. The third kappa shape index (κ3) is 3.17. The third-order valence-corrected chi connectivity index (χ3v) is 6.99. The molecule has 4 rings (SSSR count). The second kappa shape index (κ2) is 6.23. The molecule has 0 saturated carbocycles. The van der Waals surface area contributed by atoms with Gasteiger partial charge in [0, 0.05) is 29.5 Å². The number of fused-ring (bicyclic) bond motifs is 1. The third-order valence-electron chi connectivity index (χ3n) is 5.88. The fourth-order valence-corrected chi connectivity index (χ4v) is 5.21. The van der Waals surface area contributed by atoms with Crippen molar-refractivity contribution < 1.29 is 17.6 Å². The summed E-state index contributed by atoms with van der Waals surface area (Å²) in [6.07, 6.45) is 3.30. The SMILES string of the molecule is CC1(C)CC(=O)C2=C(C1)Nc1ncc(F)cc1[C@]2(C)c1cccc(S(C)(=O)=O)c1. The number of ketones is 1. The molecule has 0 spiro atoms. The first-order valence-electron chi connectivity index (χ1n) is 9.42. The van der Waals surface area contributed by atoms with Crippen LogP contribution in [0.5, 0.6) is 0 Å². The Morgan fingerprint density at radius 1 is 1.14 bits per heavy atom. The molecular weight excluding hydrogens is 391 g/mol. The van der Waals surface area contributed by atoms with Crippen molar-refractivity contribution >= 4 is 21.4 Å². The molecule has 1 N–H and O–H groups in total. The number of halogens is 1. The molecule has 2 heterocycles. The fraction of sp³-hybridized carbons (Fsp3) is 0.364. The van der Waals surface area contributed by atoms with Gasteiger partial charge >= 0.3 is 0 Å². The van der Waals surface area contributed by atoms with E-state index < -0.39 is 21.1 Å². The van der Waals surface area contributed by atoms with Gasteiger partial charge in [0.2, 0.25) is 0 Å². The topological polar surface area (TPSA) is 76.1 Å². The lowest BCUT2D eigenvalue weighted by atomic mass is 9.62. The molecule has 0 saturated heterocycles. The van der Waals surface area contributed by atoms with Crippen molar-refractivity contribution in [1.82, 2.24) is 4.98 Å². The summed E-state index contributed by atoms with van der Waals surface area (Å²) in [5.74, 6) is -0.0440. The van der Waals surface area contributed by atoms with Crippen molar-refractivity contribution in [2.75, 3.05) is 11.6 Å². The summed E-state index contributed by atoms with van der Waals surface area (Å²) >= 11 is 0. The summed E-state index contributed by atoms with van der Waals surface area (Å²) in [6, 6.07) is 7.91. The van der Waals surface area contributed by atoms with Crippen molar-refractivity contribution in [3.05, 3.63) is 64.7 Å². The zero-order chi connectivity index (χ0) is 21.2. The van der Waals surface area contributed by atoms with Crippen LogP contribution in [0.1, 0.15) is 44.7 Å². The second-order valence-electron chi connectivity index (χ2n) is 8.89. The summed E-state index contributed by atoms with van der Waals surface area (Å²) in [6.45, 7) is 5.91. The number of nitrogens with one attached hydrogen (secondary N) is 1. The van der Waals surface area contributed by atoms with Crippen LogP contribution in [0.25, 0.3) is 0 Å². The molecule has 0 bridgehead atoms. The number of rotatable bonds is 2. The van der Waals surface area contributed by atoms with Crippen LogP contribution >= 0.6 is 0 Å². The number of hydrogen-bond acceptors (Lipinski definition) is 5. The largest absolute Gasteiger partial charge is 0.343 e. The van der Waals surface area contributed by atoms with E-state index in [4.69, 9.17) is 0 Å². The molecule has 7 heteroatoms. The Hall–Kier alpha value is -2.54. The van der Waals surface area contributed by atoms with Crippen LogP contribution < -0.4 is 5.32 Å². The van der Waals surface area contributed by atoms with E-state index in [1.54, 1.807) is 18.2 Å². The van der Waals surface area contributed by atoms with E-state index in [9.17, 15) is 17.6 Å². The van der Waals surface area contributed by atoms with Crippen LogP contribution in [0.2, 0.25) is 0 Å². The van der Waals surface area contributed by atoms with E-state index in [1.165, 1.54) is 12.1 Å². The van der Waals surface area contributed by atoms with Crippen molar-refractivity contribution in [2.45, 2.75) is 43.9 Å². The number of anilines is 1. The van der Waals surface area contributed by atoms with Gasteiger partial charge in [0.1, 0.15) is 11.6 Å². The Morgan fingerprint density at radius 3 is 2.55 bits per heavy atom. The van der Waals surface area contributed by atoms with Crippen LogP contribution in [0.15, 0.2) is 52.7 Å². The maximum Gasteiger partial charge on any atom is 0.175 e. The molecule has 5 nitrogen and oxygen atoms in total. The minimum absolute atomic E-state index is 0.0223. The Morgan fingerprint density at radius 2 is 1.86 bits per heavy atom. The molecule has 1 aliphatic carbocycles. The predicted molar refractivity (Wildman–Crippen MR) is 109 cm³/mol. The van der Waals surface area contributed by atoms with Crippen LogP contribution in [-0.2, 0) is 20.0 Å². The number of sulfone groups is 1. The predicted octanol–water partition coefficient (Wildman–Crippen LogP) is 4.00. The highest BCUT2D eigenvalue weighted by Gasteiger charge is 2.48. The van der Waals surface area contributed by atoms with Crippen molar-refractivity contribution in [2.24, 2.45) is 5.41 Å². The molecule has 0 unspecified atom stereocenters. The van der Waals surface area contributed by atoms with E-state index in [0.717, 1.165) is 18.1 Å². The lowest BCUT2D eigenvalue weighted by molar-refractivity contribution is -0.118. The highest BCUT2D eigenvalue weighted by molar-refractivity contribution is 7.90. The average molecular weight is 415 g/mol. The van der Waals surface area contributed by atoms with E-state index in [1.807, 2.05) is 20.8 Å². The Balaban J connectivity index is 2.04. The minimum Gasteiger partial charge on any atom is -0.343 e. The van der Waals surface area contributed by atoms with Crippen molar-refractivity contribution in [3.8, 4) is 0 Å². The Bertz CT molecular complexity index is 1180. The lowest BCUT2D eigenvalue weighted by Crippen LogP contribution is -2.42. The summed E-state index contributed by atoms with van der Waals surface area (Å²) in [4.78, 5) is 17.7. The average Bonchev–Trinajstić information content (AvgIpc) is 2.60. The molecule has 29 heavy (non-hydrogen) atoms. The normalized spacial score (nSPS) is 23.3. The van der Waals surface area contributed by atoms with Crippen molar-refractivity contribution in [3.63, 3.8) is 0 Å². The first-order chi connectivity index (χ1) is 13.4. The fourth-order valence-electron chi connectivity index (χ4n) is 4.54. The summed E-state index contributed by atoms with van der Waals surface area (Å²) in [5.41, 5.74) is 1.24. The van der Waals surface area contributed by atoms with Gasteiger partial charge in [-0.05, 0) is 42.5 Å². The number of aromatic nitrogens is 1. The Labute approximate surface area is 170 Å². The highest BCUT2D eigenvalue weighted by atomic mass is 32.2. The van der Waals surface area contributed by atoms with Crippen LogP contribution in [0.4, 0.5) is 10.2 Å². The van der Waals surface area contributed by atoms with E-state index in [0.29, 0.717) is 35.4 Å². The Kier molecular flexibility index (Phi) is 4.24. The maximum atomic E-state index is 14.2. The first kappa shape index (κ1) is 19.8. The zero-order valence-corrected chi connectivity index (χ0v) is 17.7. The number of carbonyl (C=O) groups is 1. The molecule has 152 valence electrons. The number of nitrogens with zero attached hydrogens (tertiary/aromatic N) is 1. The van der Waals surface area contributed by atoms with Crippen molar-refractivity contribution in [1.29, 1.82) is 0 Å². The number of hydrogen-bond donors (Lipinski definition) is 1. The van der Waals surface area contributed by atoms with Gasteiger partial charge in [0.05, 0.1) is 16.5 Å². The van der Waals surface area contributed by atoms with Gasteiger partial charge in [0.25, 0.3) is 0 Å². The maximum absolute atomic E-state index is 14.2. The monoisotopic (exact) mass is 414 g/mol. The lowest BCUT2D eigenvalue weighted by Gasteiger charge is -2.44. The second-order valence-corrected chi connectivity index (χ2v) is 10.9. The molecule has 1 aliphatic heterocycles. The molecule has 1 aromatic heterocycles. The molecular formula is C22H23FN2O3S. The van der Waals surface area contributed by atoms with Gasteiger partial charge in [-0.15, -0.1) is 0 Å². The molecule has 1 aromatic carbocycles. The van der Waals surface area contributed by atoms with Gasteiger partial charge in [-0.3, -0.25) is 4.79 Å². The highest BCUT2D eigenvalue weighted by Crippen LogP contribution is 2.52. The minimum atomic E-state index is -3.44. The standard InChI is InChI=1S/C22H23FN2O3S/c1-21(2)10-17-19(18(26)11-21)22(3,16-9-14(23)12-24-20(16)25-17)13-6-5-7-15(8-13)29(4,27)28/h5-9,12H,10-11H2,1-4H3,(H,24,25)/t22-/m0/s1. The van der Waals surface area contributed by atoms with Crippen LogP contribution in [0.3, 0.4) is 0 Å². The van der Waals surface area contributed by atoms with E-state index in [-0.39, 0.29) is 16.1 Å².